The molecule has 0 heterocycles. The minimum absolute atomic E-state index is 0.457. The summed E-state index contributed by atoms with van der Waals surface area (Å²) in [6.45, 7) is 2.65. The highest BCUT2D eigenvalue weighted by molar-refractivity contribution is 8.45. The summed E-state index contributed by atoms with van der Waals surface area (Å²) in [5.74, 6) is 0.765. The highest BCUT2D eigenvalue weighted by Gasteiger charge is 2.65. The van der Waals surface area contributed by atoms with Gasteiger partial charge in [0.2, 0.25) is 0 Å². The Kier molecular flexibility index (Phi) is 4.61. The molecule has 0 aliphatic rings. The van der Waals surface area contributed by atoms with Crippen LogP contribution < -0.4 is 4.74 Å². The Morgan fingerprint density at radius 1 is 0.750 bits per heavy atom. The monoisotopic (exact) mass is 366 g/mol. The molecule has 0 aromatic heterocycles. The molecule has 0 radical (unpaired) electrons. The first kappa shape index (κ1) is 18.6. The van der Waals surface area contributed by atoms with Crippen molar-refractivity contribution in [2.75, 3.05) is 6.61 Å². The van der Waals surface area contributed by atoms with Gasteiger partial charge in [-0.15, -0.1) is 0 Å². The number of halogens is 5. The van der Waals surface area contributed by atoms with Crippen molar-refractivity contribution in [3.8, 4) is 5.75 Å². The van der Waals surface area contributed by atoms with Gasteiger partial charge in [-0.2, -0.15) is 0 Å². The standard InChI is InChI=1S/C17H19F5OS/c1-2-13-23-16-9-5-14(6-10-16)3-4-15-7-11-17(12-8-15)24(18,19,20,21)22/h5-12H,2-4,13H2,1H3. The highest BCUT2D eigenvalue weighted by Crippen LogP contribution is 3.02. The summed E-state index contributed by atoms with van der Waals surface area (Å²) in [5, 5.41) is 0. The minimum atomic E-state index is -9.58. The third-order valence-corrected chi connectivity index (χ3v) is 4.63. The van der Waals surface area contributed by atoms with Crippen LogP contribution in [0.1, 0.15) is 24.5 Å². The zero-order valence-corrected chi connectivity index (χ0v) is 14.0. The van der Waals surface area contributed by atoms with Gasteiger partial charge in [-0.25, -0.2) is 0 Å². The van der Waals surface area contributed by atoms with Crippen LogP contribution in [0.15, 0.2) is 53.4 Å². The zero-order valence-electron chi connectivity index (χ0n) is 13.2. The fraction of sp³-hybridized carbons (Fsp3) is 0.294. The lowest BCUT2D eigenvalue weighted by molar-refractivity contribution is 0.317. The van der Waals surface area contributed by atoms with Crippen molar-refractivity contribution in [3.05, 3.63) is 59.7 Å². The lowest BCUT2D eigenvalue weighted by Crippen LogP contribution is -2.06. The summed E-state index contributed by atoms with van der Waals surface area (Å²) >= 11 is 0. The van der Waals surface area contributed by atoms with Crippen LogP contribution in [0.3, 0.4) is 0 Å². The van der Waals surface area contributed by atoms with Crippen molar-refractivity contribution in [1.82, 2.24) is 0 Å². The Morgan fingerprint density at radius 2 is 1.21 bits per heavy atom. The molecule has 0 fully saturated rings. The molecule has 0 saturated carbocycles. The molecule has 7 heteroatoms. The molecule has 0 spiro atoms. The van der Waals surface area contributed by atoms with E-state index < -0.39 is 15.1 Å². The topological polar surface area (TPSA) is 9.23 Å². The number of hydrogen-bond donors (Lipinski definition) is 0. The van der Waals surface area contributed by atoms with E-state index in [1.807, 2.05) is 31.2 Å². The Hall–Kier alpha value is -1.76. The van der Waals surface area contributed by atoms with E-state index in [4.69, 9.17) is 4.74 Å². The predicted molar refractivity (Wildman–Crippen MR) is 87.5 cm³/mol. The number of hydrogen-bond acceptors (Lipinski definition) is 1. The number of aryl methyl sites for hydroxylation is 2. The molecule has 0 saturated heterocycles. The van der Waals surface area contributed by atoms with Gasteiger partial charge in [-0.3, -0.25) is 0 Å². The Bertz CT molecular complexity index is 678. The van der Waals surface area contributed by atoms with Crippen molar-refractivity contribution in [1.29, 1.82) is 0 Å². The maximum atomic E-state index is 12.6. The molecule has 0 amide bonds. The number of rotatable bonds is 7. The summed E-state index contributed by atoms with van der Waals surface area (Å²) in [4.78, 5) is -1.85. The van der Waals surface area contributed by atoms with E-state index in [2.05, 4.69) is 0 Å². The highest BCUT2D eigenvalue weighted by atomic mass is 32.5. The van der Waals surface area contributed by atoms with Gasteiger partial charge in [0.05, 0.1) is 6.61 Å². The summed E-state index contributed by atoms with van der Waals surface area (Å²) in [5.41, 5.74) is 1.57. The smallest absolute Gasteiger partial charge is 0.310 e. The molecule has 24 heavy (non-hydrogen) atoms. The fourth-order valence-electron chi connectivity index (χ4n) is 2.17. The van der Waals surface area contributed by atoms with Crippen LogP contribution in [0.5, 0.6) is 5.75 Å². The summed E-state index contributed by atoms with van der Waals surface area (Å²) in [6.07, 6.45) is 1.98. The van der Waals surface area contributed by atoms with Crippen molar-refractivity contribution in [2.45, 2.75) is 31.1 Å². The van der Waals surface area contributed by atoms with Crippen LogP contribution in [0.25, 0.3) is 0 Å². The first-order valence-electron chi connectivity index (χ1n) is 7.53. The summed E-state index contributed by atoms with van der Waals surface area (Å²) in [6, 6.07) is 10.6. The Labute approximate surface area is 138 Å². The molecule has 0 unspecified atom stereocenters. The van der Waals surface area contributed by atoms with Crippen molar-refractivity contribution < 1.29 is 24.2 Å². The SMILES string of the molecule is CCCOc1ccc(CCc2ccc(S(F)(F)(F)(F)F)cc2)cc1. The van der Waals surface area contributed by atoms with Gasteiger partial charge in [0.15, 0.2) is 0 Å². The second kappa shape index (κ2) is 5.95. The minimum Gasteiger partial charge on any atom is -0.494 e. The molecule has 0 N–H and O–H groups in total. The van der Waals surface area contributed by atoms with E-state index in [1.54, 1.807) is 0 Å². The van der Waals surface area contributed by atoms with Gasteiger partial charge >= 0.3 is 10.2 Å². The largest absolute Gasteiger partial charge is 0.494 e. The predicted octanol–water partition coefficient (Wildman–Crippen LogP) is 6.92. The van der Waals surface area contributed by atoms with Gasteiger partial charge in [0, 0.05) is 0 Å². The van der Waals surface area contributed by atoms with Crippen molar-refractivity contribution >= 4 is 10.2 Å². The van der Waals surface area contributed by atoms with E-state index in [-0.39, 0.29) is 0 Å². The van der Waals surface area contributed by atoms with Crippen LogP contribution in [0.2, 0.25) is 0 Å². The molecule has 0 atom stereocenters. The van der Waals surface area contributed by atoms with E-state index >= 15 is 0 Å². The lowest BCUT2D eigenvalue weighted by atomic mass is 10.0. The Morgan fingerprint density at radius 3 is 1.62 bits per heavy atom. The molecule has 1 nitrogen and oxygen atoms in total. The first-order chi connectivity index (χ1) is 11.0. The summed E-state index contributed by atoms with van der Waals surface area (Å²) in [7, 11) is -9.58. The van der Waals surface area contributed by atoms with Crippen LogP contribution >= 0.6 is 10.2 Å². The maximum absolute atomic E-state index is 12.6. The van der Waals surface area contributed by atoms with Gasteiger partial charge < -0.3 is 4.74 Å². The molecule has 0 aliphatic carbocycles. The van der Waals surface area contributed by atoms with Gasteiger partial charge in [-0.1, -0.05) is 50.6 Å². The molecular weight excluding hydrogens is 347 g/mol. The summed E-state index contributed by atoms with van der Waals surface area (Å²) < 4.78 is 68.7. The number of benzene rings is 2. The van der Waals surface area contributed by atoms with Crippen LogP contribution in [0.4, 0.5) is 19.4 Å². The fourth-order valence-corrected chi connectivity index (χ4v) is 2.82. The van der Waals surface area contributed by atoms with Crippen LogP contribution in [-0.4, -0.2) is 6.61 Å². The first-order valence-corrected chi connectivity index (χ1v) is 9.48. The zero-order chi connectivity index (χ0) is 17.9. The van der Waals surface area contributed by atoms with Crippen LogP contribution in [0, 0.1) is 0 Å². The van der Waals surface area contributed by atoms with Gasteiger partial charge in [0.1, 0.15) is 10.6 Å². The molecular formula is C17H19F5OS. The second-order valence-electron chi connectivity index (χ2n) is 5.61. The molecule has 2 rings (SSSR count). The molecule has 2 aromatic carbocycles. The Balaban J connectivity index is 1.98. The average molecular weight is 366 g/mol. The molecule has 0 aliphatic heterocycles. The molecule has 134 valence electrons. The molecule has 2 aromatic rings. The molecule has 0 bridgehead atoms. The second-order valence-corrected chi connectivity index (χ2v) is 8.01. The van der Waals surface area contributed by atoms with E-state index in [0.717, 1.165) is 29.9 Å². The van der Waals surface area contributed by atoms with Gasteiger partial charge in [0.25, 0.3) is 0 Å². The normalized spacial score (nSPS) is 14.8. The maximum Gasteiger partial charge on any atom is 0.310 e. The third-order valence-electron chi connectivity index (χ3n) is 3.47. The third kappa shape index (κ3) is 5.40. The quantitative estimate of drug-likeness (QED) is 0.483. The van der Waals surface area contributed by atoms with E-state index in [0.29, 0.717) is 37.1 Å². The van der Waals surface area contributed by atoms with E-state index in [9.17, 15) is 19.4 Å². The lowest BCUT2D eigenvalue weighted by Gasteiger charge is -2.40. The van der Waals surface area contributed by atoms with Crippen LogP contribution in [-0.2, 0) is 12.8 Å². The van der Waals surface area contributed by atoms with Crippen molar-refractivity contribution in [3.63, 3.8) is 0 Å². The van der Waals surface area contributed by atoms with Gasteiger partial charge in [-0.05, 0) is 54.7 Å². The van der Waals surface area contributed by atoms with Crippen molar-refractivity contribution in [2.24, 2.45) is 0 Å². The average Bonchev–Trinajstić information content (AvgIpc) is 2.50. The number of ether oxygens (including phenoxy) is 1. The van der Waals surface area contributed by atoms with E-state index in [1.165, 1.54) is 0 Å².